The third-order valence-corrected chi connectivity index (χ3v) is 5.51. The van der Waals surface area contributed by atoms with E-state index in [1.807, 2.05) is 40.8 Å². The van der Waals surface area contributed by atoms with Crippen molar-refractivity contribution in [3.63, 3.8) is 0 Å². The molecule has 0 radical (unpaired) electrons. The first-order chi connectivity index (χ1) is 12.1. The van der Waals surface area contributed by atoms with E-state index in [4.69, 9.17) is 9.26 Å². The Morgan fingerprint density at radius 3 is 3.00 bits per heavy atom. The molecular weight excluding hydrogens is 340 g/mol. The average molecular weight is 360 g/mol. The van der Waals surface area contributed by atoms with Crippen molar-refractivity contribution in [3.8, 4) is 0 Å². The van der Waals surface area contributed by atoms with Crippen LogP contribution in [-0.4, -0.2) is 51.7 Å². The van der Waals surface area contributed by atoms with Gasteiger partial charge in [0.2, 0.25) is 0 Å². The van der Waals surface area contributed by atoms with Crippen molar-refractivity contribution in [2.45, 2.75) is 26.4 Å². The molecule has 132 valence electrons. The van der Waals surface area contributed by atoms with Gasteiger partial charge in [-0.25, -0.2) is 4.98 Å². The van der Waals surface area contributed by atoms with Crippen LogP contribution < -0.4 is 0 Å². The lowest BCUT2D eigenvalue weighted by atomic mass is 10.0. The molecule has 1 saturated heterocycles. The van der Waals surface area contributed by atoms with E-state index in [-0.39, 0.29) is 17.9 Å². The number of hydrogen-bond acceptors (Lipinski definition) is 6. The van der Waals surface area contributed by atoms with Crippen LogP contribution in [0.25, 0.3) is 4.96 Å². The van der Waals surface area contributed by atoms with Crippen LogP contribution in [0.5, 0.6) is 0 Å². The number of amides is 1. The number of carbonyl (C=O) groups is 1. The van der Waals surface area contributed by atoms with Crippen molar-refractivity contribution in [2.75, 3.05) is 20.2 Å². The summed E-state index contributed by atoms with van der Waals surface area (Å²) in [5, 5.41) is 5.88. The van der Waals surface area contributed by atoms with Gasteiger partial charge in [-0.15, -0.1) is 11.3 Å². The molecule has 3 aromatic heterocycles. The predicted octanol–water partition coefficient (Wildman–Crippen LogP) is 2.33. The van der Waals surface area contributed by atoms with E-state index in [9.17, 15) is 4.79 Å². The van der Waals surface area contributed by atoms with Crippen LogP contribution in [0.3, 0.4) is 0 Å². The third-order valence-electron chi connectivity index (χ3n) is 4.75. The lowest BCUT2D eigenvalue weighted by molar-refractivity contribution is 0.0668. The van der Waals surface area contributed by atoms with Crippen LogP contribution in [0.4, 0.5) is 0 Å². The summed E-state index contributed by atoms with van der Waals surface area (Å²) in [6.45, 7) is 4.99. The zero-order chi connectivity index (χ0) is 17.6. The molecule has 0 saturated carbocycles. The topological polar surface area (TPSA) is 72.9 Å². The number of thiazole rings is 1. The first kappa shape index (κ1) is 16.3. The summed E-state index contributed by atoms with van der Waals surface area (Å²) in [7, 11) is 1.69. The highest BCUT2D eigenvalue weighted by atomic mass is 32.1. The van der Waals surface area contributed by atoms with Crippen LogP contribution in [-0.2, 0) is 11.2 Å². The molecule has 8 heteroatoms. The molecule has 3 aromatic rings. The summed E-state index contributed by atoms with van der Waals surface area (Å²) in [6, 6.07) is 1.94. The molecule has 25 heavy (non-hydrogen) atoms. The minimum atomic E-state index is -0.0134. The van der Waals surface area contributed by atoms with Crippen LogP contribution >= 0.6 is 11.3 Å². The molecule has 4 rings (SSSR count). The van der Waals surface area contributed by atoms with E-state index in [0.717, 1.165) is 22.1 Å². The van der Waals surface area contributed by atoms with Crippen molar-refractivity contribution >= 4 is 22.2 Å². The number of likely N-dealkylation sites (tertiary alicyclic amines) is 1. The molecule has 0 unspecified atom stereocenters. The number of hydrogen-bond donors (Lipinski definition) is 0. The van der Waals surface area contributed by atoms with Gasteiger partial charge in [-0.3, -0.25) is 9.20 Å². The zero-order valence-corrected chi connectivity index (χ0v) is 15.2. The van der Waals surface area contributed by atoms with Gasteiger partial charge in [-0.1, -0.05) is 5.16 Å². The Morgan fingerprint density at radius 1 is 1.44 bits per heavy atom. The first-order valence-corrected chi connectivity index (χ1v) is 9.11. The smallest absolute Gasteiger partial charge is 0.272 e. The number of methoxy groups -OCH3 is 1. The molecule has 0 spiro atoms. The second-order valence-corrected chi connectivity index (χ2v) is 7.36. The molecule has 1 fully saturated rings. The molecule has 0 aliphatic carbocycles. The summed E-state index contributed by atoms with van der Waals surface area (Å²) < 4.78 is 12.8. The summed E-state index contributed by atoms with van der Waals surface area (Å²) in [4.78, 5) is 20.3. The Labute approximate surface area is 149 Å². The van der Waals surface area contributed by atoms with E-state index in [2.05, 4.69) is 10.1 Å². The number of rotatable bonds is 4. The lowest BCUT2D eigenvalue weighted by Gasteiger charge is -2.16. The number of ether oxygens (including phenoxy) is 1. The van der Waals surface area contributed by atoms with Gasteiger partial charge in [0.15, 0.2) is 4.96 Å². The van der Waals surface area contributed by atoms with E-state index in [1.54, 1.807) is 7.11 Å². The second kappa shape index (κ2) is 6.27. The maximum atomic E-state index is 13.1. The summed E-state index contributed by atoms with van der Waals surface area (Å²) in [5.74, 6) is 1.02. The van der Waals surface area contributed by atoms with E-state index < -0.39 is 0 Å². The number of aryl methyl sites for hydroxylation is 2. The van der Waals surface area contributed by atoms with Crippen LogP contribution in [0.15, 0.2) is 22.2 Å². The number of carbonyl (C=O) groups excluding carboxylic acids is 1. The van der Waals surface area contributed by atoms with Crippen LogP contribution in [0, 0.1) is 19.8 Å². The van der Waals surface area contributed by atoms with Crippen molar-refractivity contribution < 1.29 is 14.1 Å². The molecule has 1 amide bonds. The van der Waals surface area contributed by atoms with Gasteiger partial charge in [0.05, 0.1) is 17.5 Å². The first-order valence-electron chi connectivity index (χ1n) is 8.23. The fourth-order valence-corrected chi connectivity index (χ4v) is 4.30. The third kappa shape index (κ3) is 2.85. The molecule has 0 N–H and O–H groups in total. The predicted molar refractivity (Wildman–Crippen MR) is 92.9 cm³/mol. The van der Waals surface area contributed by atoms with Crippen molar-refractivity contribution in [2.24, 2.45) is 5.92 Å². The highest BCUT2D eigenvalue weighted by Crippen LogP contribution is 2.27. The van der Waals surface area contributed by atoms with Gasteiger partial charge in [0.25, 0.3) is 5.91 Å². The Bertz CT molecular complexity index is 912. The standard InChI is InChI=1S/C17H20N4O3S/c1-10-6-13(24-19-10)7-12-8-20(9-14(12)23-3)16(22)15-11(2)18-17-21(15)4-5-25-17/h4-6,12,14H,7-9H2,1-3H3/t12-,14+/m1/s1. The summed E-state index contributed by atoms with van der Waals surface area (Å²) in [5.41, 5.74) is 2.27. The molecular formula is C17H20N4O3S. The van der Waals surface area contributed by atoms with Gasteiger partial charge in [0.1, 0.15) is 11.5 Å². The largest absolute Gasteiger partial charge is 0.379 e. The maximum Gasteiger partial charge on any atom is 0.272 e. The summed E-state index contributed by atoms with van der Waals surface area (Å²) in [6.07, 6.45) is 2.59. The van der Waals surface area contributed by atoms with Gasteiger partial charge in [-0.05, 0) is 13.8 Å². The van der Waals surface area contributed by atoms with Gasteiger partial charge in [0, 0.05) is 50.2 Å². The quantitative estimate of drug-likeness (QED) is 0.714. The lowest BCUT2D eigenvalue weighted by Crippen LogP contribution is -2.31. The maximum absolute atomic E-state index is 13.1. The molecule has 4 heterocycles. The van der Waals surface area contributed by atoms with Gasteiger partial charge in [-0.2, -0.15) is 0 Å². The van der Waals surface area contributed by atoms with Gasteiger partial charge < -0.3 is 14.2 Å². The molecule has 1 aliphatic rings. The Balaban J connectivity index is 1.56. The van der Waals surface area contributed by atoms with Gasteiger partial charge >= 0.3 is 0 Å². The van der Waals surface area contributed by atoms with E-state index >= 15 is 0 Å². The molecule has 0 bridgehead atoms. The Kier molecular flexibility index (Phi) is 4.09. The zero-order valence-electron chi connectivity index (χ0n) is 14.4. The number of fused-ring (bicyclic) bond motifs is 1. The van der Waals surface area contributed by atoms with Crippen LogP contribution in [0.1, 0.15) is 27.6 Å². The highest BCUT2D eigenvalue weighted by molar-refractivity contribution is 7.15. The number of aromatic nitrogens is 3. The van der Waals surface area contributed by atoms with E-state index in [1.165, 1.54) is 11.3 Å². The minimum Gasteiger partial charge on any atom is -0.379 e. The molecule has 7 nitrogen and oxygen atoms in total. The average Bonchev–Trinajstić information content (AvgIpc) is 3.32. The van der Waals surface area contributed by atoms with Crippen molar-refractivity contribution in [3.05, 3.63) is 40.5 Å². The molecule has 0 aromatic carbocycles. The normalized spacial score (nSPS) is 20.7. The fourth-order valence-electron chi connectivity index (χ4n) is 3.54. The Hall–Kier alpha value is -2.19. The SMILES string of the molecule is CO[C@H]1CN(C(=O)c2c(C)nc3sccn23)C[C@H]1Cc1cc(C)no1. The number of nitrogens with zero attached hydrogens (tertiary/aromatic N) is 4. The van der Waals surface area contributed by atoms with Crippen molar-refractivity contribution in [1.82, 2.24) is 19.4 Å². The second-order valence-electron chi connectivity index (χ2n) is 6.48. The highest BCUT2D eigenvalue weighted by Gasteiger charge is 2.37. The summed E-state index contributed by atoms with van der Waals surface area (Å²) >= 11 is 1.53. The number of imidazole rings is 1. The van der Waals surface area contributed by atoms with Crippen LogP contribution in [0.2, 0.25) is 0 Å². The monoisotopic (exact) mass is 360 g/mol. The molecule has 2 atom stereocenters. The molecule has 1 aliphatic heterocycles. The minimum absolute atomic E-state index is 0.00157. The van der Waals surface area contributed by atoms with E-state index in [0.29, 0.717) is 25.2 Å². The fraction of sp³-hybridized carbons (Fsp3) is 0.471. The van der Waals surface area contributed by atoms with Crippen molar-refractivity contribution in [1.29, 1.82) is 0 Å². The Morgan fingerprint density at radius 2 is 2.28 bits per heavy atom.